The largest absolute Gasteiger partial charge is 0.438 e. The van der Waals surface area contributed by atoms with Crippen LogP contribution < -0.4 is 15.6 Å². The number of nitrogens with zero attached hydrogens (tertiary/aromatic N) is 2. The van der Waals surface area contributed by atoms with Gasteiger partial charge in [0.1, 0.15) is 0 Å². The molecule has 30 heavy (non-hydrogen) atoms. The molecule has 0 aliphatic rings. The maximum Gasteiger partial charge on any atom is 0.380 e. The minimum Gasteiger partial charge on any atom is -0.438 e. The zero-order valence-corrected chi connectivity index (χ0v) is 18.5. The fourth-order valence-corrected chi connectivity index (χ4v) is 7.20. The van der Waals surface area contributed by atoms with Crippen molar-refractivity contribution in [3.63, 3.8) is 0 Å². The van der Waals surface area contributed by atoms with Crippen LogP contribution in [0.25, 0.3) is 0 Å². The molecule has 0 heterocycles. The second-order valence-electron chi connectivity index (χ2n) is 7.25. The van der Waals surface area contributed by atoms with Crippen molar-refractivity contribution in [3.8, 4) is 6.07 Å². The molecular weight excluding hydrogens is 384 g/mol. The van der Waals surface area contributed by atoms with Gasteiger partial charge in [0.15, 0.2) is 0 Å². The second kappa shape index (κ2) is 11.1. The zero-order valence-electron chi connectivity index (χ0n) is 17.5. The molecule has 0 fully saturated rings. The highest BCUT2D eigenvalue weighted by atomic mass is 28.4. The lowest BCUT2D eigenvalue weighted by atomic mass is 10.1. The second-order valence-corrected chi connectivity index (χ2v) is 10.5. The molecule has 0 aliphatic carbocycles. The fraction of sp³-hybridized carbons (Fsp3) is 0.231. The highest BCUT2D eigenvalue weighted by Crippen LogP contribution is 2.12. The molecule has 0 atom stereocenters. The van der Waals surface area contributed by atoms with Crippen LogP contribution in [0.3, 0.4) is 0 Å². The van der Waals surface area contributed by atoms with Crippen molar-refractivity contribution in [1.29, 1.82) is 5.26 Å². The lowest BCUT2D eigenvalue weighted by Gasteiger charge is -2.30. The first-order chi connectivity index (χ1) is 14.8. The van der Waals surface area contributed by atoms with Gasteiger partial charge in [-0.1, -0.05) is 97.9 Å². The van der Waals surface area contributed by atoms with E-state index in [4.69, 9.17) is 14.9 Å². The van der Waals surface area contributed by atoms with E-state index in [-0.39, 0.29) is 0 Å². The summed E-state index contributed by atoms with van der Waals surface area (Å²) in [6, 6.07) is 33.7. The molecule has 0 amide bonds. The third kappa shape index (κ3) is 5.06. The summed E-state index contributed by atoms with van der Waals surface area (Å²) in [5, 5.41) is 17.0. The van der Waals surface area contributed by atoms with Crippen LogP contribution >= 0.6 is 0 Å². The summed E-state index contributed by atoms with van der Waals surface area (Å²) < 4.78 is 6.66. The monoisotopic (exact) mass is 412 g/mol. The first-order valence-corrected chi connectivity index (χ1v) is 12.5. The van der Waals surface area contributed by atoms with Crippen LogP contribution in [0, 0.1) is 11.3 Å². The van der Waals surface area contributed by atoms with Gasteiger partial charge in [0.25, 0.3) is 0 Å². The Hall–Kier alpha value is -3.16. The molecule has 0 aliphatic heterocycles. The quantitative estimate of drug-likeness (QED) is 0.162. The fourth-order valence-electron chi connectivity index (χ4n) is 3.63. The van der Waals surface area contributed by atoms with Gasteiger partial charge in [0.05, 0.1) is 11.8 Å². The van der Waals surface area contributed by atoms with Gasteiger partial charge in [0.2, 0.25) is 0 Å². The molecule has 3 rings (SSSR count). The average molecular weight is 413 g/mol. The molecule has 0 radical (unpaired) electrons. The van der Waals surface area contributed by atoms with Crippen molar-refractivity contribution in [3.05, 3.63) is 91.0 Å². The lowest BCUT2D eigenvalue weighted by molar-refractivity contribution is 0.345. The number of hydrogen-bond acceptors (Lipinski definition) is 3. The zero-order chi connectivity index (χ0) is 21.1. The standard InChI is InChI=1S/C26H28N2OSi/c1-2-23(15-7-6-14-22-27)28-29-30(24-16-8-3-9-17-24,25-18-10-4-11-19-25)26-20-12-5-13-21-26/h3-5,8-13,16-21H,2,6-7,14-15H2,1H3. The van der Waals surface area contributed by atoms with Gasteiger partial charge in [-0.3, -0.25) is 0 Å². The number of benzene rings is 3. The highest BCUT2D eigenvalue weighted by molar-refractivity contribution is 7.07. The van der Waals surface area contributed by atoms with Gasteiger partial charge in [-0.25, -0.2) is 0 Å². The Bertz CT molecular complexity index is 870. The Morgan fingerprint density at radius 3 is 1.67 bits per heavy atom. The summed E-state index contributed by atoms with van der Waals surface area (Å²) in [4.78, 5) is 0. The van der Waals surface area contributed by atoms with Gasteiger partial charge in [0, 0.05) is 6.42 Å². The summed E-state index contributed by atoms with van der Waals surface area (Å²) in [6.45, 7) is 2.11. The molecule has 0 bridgehead atoms. The summed E-state index contributed by atoms with van der Waals surface area (Å²) >= 11 is 0. The Morgan fingerprint density at radius 1 is 0.800 bits per heavy atom. The van der Waals surface area contributed by atoms with Crippen LogP contribution in [0.15, 0.2) is 96.2 Å². The molecule has 0 spiro atoms. The topological polar surface area (TPSA) is 45.4 Å². The van der Waals surface area contributed by atoms with E-state index < -0.39 is 8.32 Å². The van der Waals surface area contributed by atoms with Crippen LogP contribution in [-0.4, -0.2) is 14.0 Å². The summed E-state index contributed by atoms with van der Waals surface area (Å²) in [6.07, 6.45) is 4.15. The molecule has 0 N–H and O–H groups in total. The first kappa shape index (κ1) is 21.5. The van der Waals surface area contributed by atoms with Crippen LogP contribution in [-0.2, 0) is 4.53 Å². The van der Waals surface area contributed by atoms with E-state index >= 15 is 0 Å². The molecule has 0 unspecified atom stereocenters. The third-order valence-corrected chi connectivity index (χ3v) is 9.07. The minimum atomic E-state index is -2.80. The van der Waals surface area contributed by atoms with E-state index in [0.717, 1.165) is 31.4 Å². The molecule has 3 aromatic carbocycles. The van der Waals surface area contributed by atoms with Gasteiger partial charge in [-0.05, 0) is 41.2 Å². The number of hydrogen-bond donors (Lipinski definition) is 0. The molecule has 4 heteroatoms. The number of unbranched alkanes of at least 4 members (excludes halogenated alkanes) is 2. The Kier molecular flexibility index (Phi) is 7.99. The number of oxime groups is 1. The van der Waals surface area contributed by atoms with Gasteiger partial charge in [-0.15, -0.1) is 5.16 Å². The van der Waals surface area contributed by atoms with Gasteiger partial charge >= 0.3 is 8.32 Å². The van der Waals surface area contributed by atoms with Crippen LogP contribution in [0.4, 0.5) is 0 Å². The first-order valence-electron chi connectivity index (χ1n) is 10.6. The Balaban J connectivity index is 2.07. The molecule has 3 aromatic rings. The van der Waals surface area contributed by atoms with Crippen LogP contribution in [0.5, 0.6) is 0 Å². The highest BCUT2D eigenvalue weighted by Gasteiger charge is 2.44. The van der Waals surface area contributed by atoms with E-state index in [1.54, 1.807) is 0 Å². The van der Waals surface area contributed by atoms with E-state index in [9.17, 15) is 0 Å². The predicted molar refractivity (Wildman–Crippen MR) is 127 cm³/mol. The van der Waals surface area contributed by atoms with E-state index in [2.05, 4.69) is 85.8 Å². The molecule has 0 saturated carbocycles. The van der Waals surface area contributed by atoms with Gasteiger partial charge in [-0.2, -0.15) is 5.26 Å². The van der Waals surface area contributed by atoms with Crippen molar-refractivity contribution < 1.29 is 4.53 Å². The van der Waals surface area contributed by atoms with Crippen molar-refractivity contribution in [2.75, 3.05) is 0 Å². The molecule has 0 saturated heterocycles. The summed E-state index contributed by atoms with van der Waals surface area (Å²) in [5.41, 5.74) is 1.05. The SMILES string of the molecule is CCC(CCCCC#N)=NO[Si](c1ccccc1)(c1ccccc1)c1ccccc1. The number of rotatable bonds is 10. The van der Waals surface area contributed by atoms with Crippen molar-refractivity contribution >= 4 is 29.6 Å². The molecule has 3 nitrogen and oxygen atoms in total. The average Bonchev–Trinajstić information content (AvgIpc) is 2.83. The van der Waals surface area contributed by atoms with Crippen LogP contribution in [0.2, 0.25) is 0 Å². The van der Waals surface area contributed by atoms with Crippen molar-refractivity contribution in [2.24, 2.45) is 5.16 Å². The van der Waals surface area contributed by atoms with Crippen LogP contribution in [0.1, 0.15) is 39.0 Å². The van der Waals surface area contributed by atoms with Crippen molar-refractivity contribution in [2.45, 2.75) is 39.0 Å². The number of nitriles is 1. The maximum atomic E-state index is 8.78. The maximum absolute atomic E-state index is 8.78. The summed E-state index contributed by atoms with van der Waals surface area (Å²) in [7, 11) is -2.80. The van der Waals surface area contributed by atoms with E-state index in [1.165, 1.54) is 15.6 Å². The summed E-state index contributed by atoms with van der Waals surface area (Å²) in [5.74, 6) is 0. The van der Waals surface area contributed by atoms with E-state index in [1.807, 2.05) is 18.2 Å². The molecular formula is C26H28N2OSi. The smallest absolute Gasteiger partial charge is 0.380 e. The third-order valence-electron chi connectivity index (χ3n) is 5.26. The van der Waals surface area contributed by atoms with Gasteiger partial charge < -0.3 is 4.53 Å². The Morgan fingerprint density at radius 2 is 1.27 bits per heavy atom. The predicted octanol–water partition coefficient (Wildman–Crippen LogP) is 4.52. The normalized spacial score (nSPS) is 11.7. The van der Waals surface area contributed by atoms with Crippen molar-refractivity contribution in [1.82, 2.24) is 0 Å². The van der Waals surface area contributed by atoms with E-state index in [0.29, 0.717) is 6.42 Å². The lowest BCUT2D eigenvalue weighted by Crippen LogP contribution is -2.68. The minimum absolute atomic E-state index is 0.592. The molecule has 0 aromatic heterocycles. The molecule has 152 valence electrons. The Labute approximate surface area is 180 Å².